The van der Waals surface area contributed by atoms with Crippen LogP contribution >= 0.6 is 0 Å². The molecule has 5 N–H and O–H groups in total. The Hall–Kier alpha value is -2.98. The van der Waals surface area contributed by atoms with Crippen molar-refractivity contribution >= 4 is 16.6 Å². The lowest BCUT2D eigenvalue weighted by Gasteiger charge is -2.27. The van der Waals surface area contributed by atoms with Crippen LogP contribution in [0.25, 0.3) is 10.8 Å². The molecule has 4 rings (SSSR count). The number of anilines is 1. The van der Waals surface area contributed by atoms with Crippen molar-refractivity contribution in [1.82, 2.24) is 15.3 Å². The summed E-state index contributed by atoms with van der Waals surface area (Å²) >= 11 is 0. The van der Waals surface area contributed by atoms with Gasteiger partial charge in [0.2, 0.25) is 0 Å². The molecule has 1 aliphatic rings. The number of hydrogen-bond donors (Lipinski definition) is 4. The normalized spacial score (nSPS) is 14.1. The van der Waals surface area contributed by atoms with Gasteiger partial charge in [-0.15, -0.1) is 0 Å². The molecule has 0 atom stereocenters. The first-order valence-corrected chi connectivity index (χ1v) is 9.64. The van der Waals surface area contributed by atoms with Crippen LogP contribution in [0.15, 0.2) is 41.5 Å². The highest BCUT2D eigenvalue weighted by atomic mass is 19.4. The van der Waals surface area contributed by atoms with Crippen molar-refractivity contribution in [3.8, 4) is 0 Å². The summed E-state index contributed by atoms with van der Waals surface area (Å²) in [7, 11) is 0. The molecule has 2 heterocycles. The fourth-order valence-corrected chi connectivity index (χ4v) is 3.20. The molecule has 3 aromatic rings. The van der Waals surface area contributed by atoms with Crippen molar-refractivity contribution in [2.45, 2.75) is 44.6 Å². The van der Waals surface area contributed by atoms with Crippen molar-refractivity contribution in [2.75, 3.05) is 5.73 Å². The number of nitrogens with zero attached hydrogens (tertiary/aromatic N) is 1. The van der Waals surface area contributed by atoms with Gasteiger partial charge < -0.3 is 21.1 Å². The molecular weight excluding hydrogens is 416 g/mol. The quantitative estimate of drug-likeness (QED) is 0.467. The van der Waals surface area contributed by atoms with E-state index in [0.717, 1.165) is 35.9 Å². The van der Waals surface area contributed by atoms with E-state index in [1.54, 1.807) is 12.3 Å². The van der Waals surface area contributed by atoms with Crippen molar-refractivity contribution in [2.24, 2.45) is 0 Å². The van der Waals surface area contributed by atoms with Crippen LogP contribution in [-0.4, -0.2) is 21.1 Å². The van der Waals surface area contributed by atoms with Gasteiger partial charge in [-0.25, -0.2) is 9.37 Å². The minimum atomic E-state index is -4.47. The van der Waals surface area contributed by atoms with E-state index >= 15 is 0 Å². The summed E-state index contributed by atoms with van der Waals surface area (Å²) in [6.45, 7) is 0.261. The third-order valence-electron chi connectivity index (χ3n) is 5.11. The van der Waals surface area contributed by atoms with E-state index in [9.17, 15) is 27.5 Å². The monoisotopic (exact) mass is 438 g/mol. The van der Waals surface area contributed by atoms with Crippen LogP contribution in [0.5, 0.6) is 0 Å². The fourth-order valence-electron chi connectivity index (χ4n) is 3.20. The average Bonchev–Trinajstić information content (AvgIpc) is 2.67. The topological polar surface area (TPSA) is 104 Å². The highest BCUT2D eigenvalue weighted by Gasteiger charge is 2.31. The first kappa shape index (κ1) is 22.7. The number of nitrogen functional groups attached to an aromatic ring is 1. The lowest BCUT2D eigenvalue weighted by molar-refractivity contribution is -0.141. The SMILES string of the molecule is Nc1cc2c(CNC3CCC3)c(F)cc(CO)c2cn1.O=c1cc[nH]c(C(F)(F)F)c1. The molecule has 0 spiro atoms. The summed E-state index contributed by atoms with van der Waals surface area (Å²) in [5.74, 6) is 0.0517. The summed E-state index contributed by atoms with van der Waals surface area (Å²) in [5, 5.41) is 14.2. The predicted molar refractivity (Wildman–Crippen MR) is 109 cm³/mol. The highest BCUT2D eigenvalue weighted by Crippen LogP contribution is 2.28. The minimum absolute atomic E-state index is 0.213. The van der Waals surface area contributed by atoms with E-state index in [1.807, 2.05) is 4.98 Å². The molecule has 1 fully saturated rings. The van der Waals surface area contributed by atoms with Crippen molar-refractivity contribution < 1.29 is 22.7 Å². The Morgan fingerprint density at radius 2 is 1.97 bits per heavy atom. The van der Waals surface area contributed by atoms with Crippen molar-refractivity contribution in [3.63, 3.8) is 0 Å². The summed E-state index contributed by atoms with van der Waals surface area (Å²) in [4.78, 5) is 16.4. The number of halogens is 4. The van der Waals surface area contributed by atoms with Gasteiger partial charge in [0.1, 0.15) is 17.3 Å². The molecule has 0 radical (unpaired) electrons. The molecular formula is C21H22F4N4O2. The average molecular weight is 438 g/mol. The van der Waals surface area contributed by atoms with Gasteiger partial charge in [0, 0.05) is 48.1 Å². The summed E-state index contributed by atoms with van der Waals surface area (Å²) in [6.07, 6.45) is 1.63. The van der Waals surface area contributed by atoms with E-state index in [2.05, 4.69) is 10.3 Å². The van der Waals surface area contributed by atoms with Crippen molar-refractivity contribution in [1.29, 1.82) is 0 Å². The molecule has 0 amide bonds. The van der Waals surface area contributed by atoms with E-state index in [4.69, 9.17) is 5.73 Å². The largest absolute Gasteiger partial charge is 0.431 e. The number of alkyl halides is 3. The molecule has 0 saturated heterocycles. The number of aromatic amines is 1. The van der Waals surface area contributed by atoms with E-state index in [0.29, 0.717) is 35.6 Å². The third kappa shape index (κ3) is 5.59. The second kappa shape index (κ2) is 9.44. The Morgan fingerprint density at radius 3 is 2.52 bits per heavy atom. The number of nitrogens with two attached hydrogens (primary N) is 1. The predicted octanol–water partition coefficient (Wildman–Crippen LogP) is 3.48. The Bertz CT molecular complexity index is 1110. The molecule has 6 nitrogen and oxygen atoms in total. The first-order valence-electron chi connectivity index (χ1n) is 9.64. The maximum Gasteiger partial charge on any atom is 0.431 e. The van der Waals surface area contributed by atoms with Crippen LogP contribution in [0.4, 0.5) is 23.4 Å². The van der Waals surface area contributed by atoms with Crippen LogP contribution < -0.4 is 16.5 Å². The first-order chi connectivity index (χ1) is 14.7. The molecule has 31 heavy (non-hydrogen) atoms. The Labute approximate surface area is 175 Å². The number of H-pyrrole nitrogens is 1. The molecule has 166 valence electrons. The second-order valence-electron chi connectivity index (χ2n) is 7.25. The number of pyridine rings is 2. The Balaban J connectivity index is 0.000000210. The third-order valence-corrected chi connectivity index (χ3v) is 5.11. The van der Waals surface area contributed by atoms with Gasteiger partial charge in [0.05, 0.1) is 6.61 Å². The standard InChI is InChI=1S/C15H18FN3O.C6H4F3NO/c16-14-4-9(8-20)12-6-19-15(17)5-11(12)13(14)7-18-10-2-1-3-10;7-6(8,9)5-3-4(11)1-2-10-5/h4-6,10,18,20H,1-3,7-8H2,(H2,17,19);1-3H,(H,10,11). The van der Waals surface area contributed by atoms with Gasteiger partial charge in [0.25, 0.3) is 0 Å². The van der Waals surface area contributed by atoms with Crippen LogP contribution in [0.3, 0.4) is 0 Å². The summed E-state index contributed by atoms with van der Waals surface area (Å²) in [6, 6.07) is 5.09. The zero-order chi connectivity index (χ0) is 22.6. The zero-order valence-corrected chi connectivity index (χ0v) is 16.5. The molecule has 2 aromatic heterocycles. The van der Waals surface area contributed by atoms with E-state index in [-0.39, 0.29) is 12.4 Å². The number of rotatable bonds is 4. The van der Waals surface area contributed by atoms with Gasteiger partial charge in [0.15, 0.2) is 5.43 Å². The molecule has 1 aromatic carbocycles. The lowest BCUT2D eigenvalue weighted by Crippen LogP contribution is -2.34. The Kier molecular flexibility index (Phi) is 6.91. The van der Waals surface area contributed by atoms with E-state index < -0.39 is 17.3 Å². The summed E-state index contributed by atoms with van der Waals surface area (Å²) < 4.78 is 49.7. The van der Waals surface area contributed by atoms with Gasteiger partial charge in [-0.2, -0.15) is 13.2 Å². The number of aromatic nitrogens is 2. The smallest absolute Gasteiger partial charge is 0.392 e. The zero-order valence-electron chi connectivity index (χ0n) is 16.5. The number of benzene rings is 1. The molecule has 0 bridgehead atoms. The van der Waals surface area contributed by atoms with Crippen molar-refractivity contribution in [3.05, 3.63) is 69.5 Å². The number of nitrogens with one attached hydrogen (secondary N) is 2. The Morgan fingerprint density at radius 1 is 1.23 bits per heavy atom. The van der Waals surface area contributed by atoms with Gasteiger partial charge in [-0.3, -0.25) is 4.79 Å². The number of aliphatic hydroxyl groups excluding tert-OH is 1. The molecule has 1 aliphatic carbocycles. The van der Waals surface area contributed by atoms with Gasteiger partial charge in [-0.05, 0) is 35.9 Å². The lowest BCUT2D eigenvalue weighted by atomic mass is 9.92. The number of hydrogen-bond acceptors (Lipinski definition) is 5. The molecule has 10 heteroatoms. The molecule has 0 unspecified atom stereocenters. The van der Waals surface area contributed by atoms with Gasteiger partial charge >= 0.3 is 6.18 Å². The van der Waals surface area contributed by atoms with E-state index in [1.165, 1.54) is 12.5 Å². The van der Waals surface area contributed by atoms with Crippen LogP contribution in [0, 0.1) is 5.82 Å². The maximum absolute atomic E-state index is 14.3. The number of fused-ring (bicyclic) bond motifs is 1. The second-order valence-corrected chi connectivity index (χ2v) is 7.25. The fraction of sp³-hybridized carbons (Fsp3) is 0.333. The molecule has 0 aliphatic heterocycles. The van der Waals surface area contributed by atoms with Crippen LogP contribution in [-0.2, 0) is 19.3 Å². The molecule has 1 saturated carbocycles. The summed E-state index contributed by atoms with van der Waals surface area (Å²) in [5.41, 5.74) is 5.17. The highest BCUT2D eigenvalue weighted by molar-refractivity contribution is 5.89. The minimum Gasteiger partial charge on any atom is -0.392 e. The maximum atomic E-state index is 14.3. The van der Waals surface area contributed by atoms with Gasteiger partial charge in [-0.1, -0.05) is 6.42 Å². The van der Waals surface area contributed by atoms with Crippen LogP contribution in [0.2, 0.25) is 0 Å². The number of aliphatic hydroxyl groups is 1. The van der Waals surface area contributed by atoms with Crippen LogP contribution in [0.1, 0.15) is 36.1 Å².